The Kier molecular flexibility index (Phi) is 3.43. The zero-order valence-electron chi connectivity index (χ0n) is 9.73. The molecule has 0 radical (unpaired) electrons. The van der Waals surface area contributed by atoms with E-state index in [1.807, 2.05) is 0 Å². The molecule has 0 saturated heterocycles. The van der Waals surface area contributed by atoms with Gasteiger partial charge in [-0.1, -0.05) is 5.16 Å². The summed E-state index contributed by atoms with van der Waals surface area (Å²) < 4.78 is 42.7. The minimum Gasteiger partial charge on any atom is -0.364 e. The fraction of sp³-hybridized carbons (Fsp3) is 0.0833. The van der Waals surface area contributed by atoms with Gasteiger partial charge in [-0.2, -0.15) is 18.4 Å². The van der Waals surface area contributed by atoms with E-state index in [1.165, 1.54) is 18.2 Å². The summed E-state index contributed by atoms with van der Waals surface area (Å²) in [6, 6.07) is 5.60. The van der Waals surface area contributed by atoms with Crippen molar-refractivity contribution in [1.82, 2.24) is 5.16 Å². The van der Waals surface area contributed by atoms with Gasteiger partial charge in [-0.25, -0.2) is 0 Å². The van der Waals surface area contributed by atoms with E-state index in [0.29, 0.717) is 6.07 Å². The van der Waals surface area contributed by atoms with Crippen LogP contribution in [0.25, 0.3) is 0 Å². The molecule has 1 amide bonds. The fourth-order valence-corrected chi connectivity index (χ4v) is 1.48. The summed E-state index contributed by atoms with van der Waals surface area (Å²) in [5.74, 6) is -0.711. The minimum atomic E-state index is -4.68. The molecule has 5 nitrogen and oxygen atoms in total. The summed E-state index contributed by atoms with van der Waals surface area (Å²) in [4.78, 5) is 11.6. The molecule has 1 aromatic carbocycles. The molecule has 0 aliphatic heterocycles. The Morgan fingerprint density at radius 2 is 2.10 bits per heavy atom. The number of carbonyl (C=O) groups is 1. The second-order valence-corrected chi connectivity index (χ2v) is 3.71. The highest BCUT2D eigenvalue weighted by molar-refractivity contribution is 6.02. The van der Waals surface area contributed by atoms with E-state index in [2.05, 4.69) is 15.0 Å². The molecule has 1 N–H and O–H groups in total. The van der Waals surface area contributed by atoms with Crippen LogP contribution in [0.1, 0.15) is 21.6 Å². The van der Waals surface area contributed by atoms with E-state index in [9.17, 15) is 18.0 Å². The van der Waals surface area contributed by atoms with E-state index < -0.39 is 23.2 Å². The molecule has 0 saturated carbocycles. The molecule has 102 valence electrons. The summed E-state index contributed by atoms with van der Waals surface area (Å²) in [5, 5.41) is 14.2. The van der Waals surface area contributed by atoms with Gasteiger partial charge in [0.2, 0.25) is 0 Å². The summed E-state index contributed by atoms with van der Waals surface area (Å²) >= 11 is 0. The van der Waals surface area contributed by atoms with Crippen molar-refractivity contribution in [3.63, 3.8) is 0 Å². The quantitative estimate of drug-likeness (QED) is 0.918. The first-order valence-electron chi connectivity index (χ1n) is 5.25. The van der Waals surface area contributed by atoms with Gasteiger partial charge in [-0.15, -0.1) is 0 Å². The van der Waals surface area contributed by atoms with Gasteiger partial charge in [0, 0.05) is 11.8 Å². The lowest BCUT2D eigenvalue weighted by Gasteiger charge is -2.11. The van der Waals surface area contributed by atoms with Crippen LogP contribution in [0.15, 0.2) is 35.1 Å². The van der Waals surface area contributed by atoms with Crippen LogP contribution in [-0.2, 0) is 6.18 Å². The molecule has 0 unspecified atom stereocenters. The number of amides is 1. The zero-order chi connectivity index (χ0) is 14.8. The maximum Gasteiger partial charge on any atom is 0.417 e. The fourth-order valence-electron chi connectivity index (χ4n) is 1.48. The first-order valence-corrected chi connectivity index (χ1v) is 5.25. The third-order valence-electron chi connectivity index (χ3n) is 2.37. The molecule has 0 atom stereocenters. The lowest BCUT2D eigenvalue weighted by Crippen LogP contribution is -2.14. The van der Waals surface area contributed by atoms with Gasteiger partial charge in [0.05, 0.1) is 17.2 Å². The number of hydrogen-bond acceptors (Lipinski definition) is 4. The van der Waals surface area contributed by atoms with Crippen LogP contribution >= 0.6 is 0 Å². The van der Waals surface area contributed by atoms with Crippen LogP contribution in [0.2, 0.25) is 0 Å². The molecule has 0 aliphatic rings. The highest BCUT2D eigenvalue weighted by Gasteiger charge is 2.34. The maximum absolute atomic E-state index is 12.7. The smallest absolute Gasteiger partial charge is 0.364 e. The zero-order valence-corrected chi connectivity index (χ0v) is 9.73. The predicted octanol–water partition coefficient (Wildman–Crippen LogP) is 2.82. The Balaban J connectivity index is 2.31. The van der Waals surface area contributed by atoms with Gasteiger partial charge in [0.25, 0.3) is 5.91 Å². The van der Waals surface area contributed by atoms with E-state index in [-0.39, 0.29) is 11.4 Å². The van der Waals surface area contributed by atoms with Crippen LogP contribution in [0.3, 0.4) is 0 Å². The number of rotatable bonds is 2. The molecule has 8 heteroatoms. The van der Waals surface area contributed by atoms with E-state index in [1.54, 1.807) is 0 Å². The standard InChI is InChI=1S/C12H6F3N3O2/c13-12(14,15)9-5-8(2-1-7(9)6-16)17-11(19)10-3-4-20-18-10/h1-5H,(H,17,19). The molecular formula is C12H6F3N3O2. The number of alkyl halides is 3. The van der Waals surface area contributed by atoms with E-state index >= 15 is 0 Å². The van der Waals surface area contributed by atoms with Crippen LogP contribution in [0.5, 0.6) is 0 Å². The number of nitrogens with zero attached hydrogens (tertiary/aromatic N) is 2. The van der Waals surface area contributed by atoms with Gasteiger partial charge in [-0.05, 0) is 18.2 Å². The number of carbonyl (C=O) groups excluding carboxylic acids is 1. The van der Waals surface area contributed by atoms with Crippen molar-refractivity contribution in [2.75, 3.05) is 5.32 Å². The molecule has 0 aliphatic carbocycles. The molecule has 0 bridgehead atoms. The molecule has 0 spiro atoms. The highest BCUT2D eigenvalue weighted by Crippen LogP contribution is 2.33. The van der Waals surface area contributed by atoms with Crippen molar-refractivity contribution in [3.8, 4) is 6.07 Å². The molecule has 2 aromatic rings. The maximum atomic E-state index is 12.7. The van der Waals surface area contributed by atoms with Crippen LogP contribution in [0, 0.1) is 11.3 Å². The lowest BCUT2D eigenvalue weighted by atomic mass is 10.1. The van der Waals surface area contributed by atoms with Crippen molar-refractivity contribution in [3.05, 3.63) is 47.3 Å². The number of halogens is 3. The molecule has 20 heavy (non-hydrogen) atoms. The Labute approximate surface area is 110 Å². The second kappa shape index (κ2) is 5.05. The van der Waals surface area contributed by atoms with Crippen molar-refractivity contribution in [1.29, 1.82) is 5.26 Å². The first-order chi connectivity index (χ1) is 9.41. The van der Waals surface area contributed by atoms with Crippen LogP contribution in [-0.4, -0.2) is 11.1 Å². The molecule has 1 aromatic heterocycles. The van der Waals surface area contributed by atoms with Crippen molar-refractivity contribution < 1.29 is 22.5 Å². The summed E-state index contributed by atoms with van der Waals surface area (Å²) in [5.41, 5.74) is -1.79. The van der Waals surface area contributed by atoms with Gasteiger partial charge >= 0.3 is 6.18 Å². The number of nitriles is 1. The van der Waals surface area contributed by atoms with Crippen LogP contribution < -0.4 is 5.32 Å². The van der Waals surface area contributed by atoms with Gasteiger partial charge in [0.15, 0.2) is 5.69 Å². The Bertz CT molecular complexity index is 672. The topological polar surface area (TPSA) is 78.9 Å². The molecular weight excluding hydrogens is 275 g/mol. The highest BCUT2D eigenvalue weighted by atomic mass is 19.4. The Hall–Kier alpha value is -2.82. The second-order valence-electron chi connectivity index (χ2n) is 3.71. The number of benzene rings is 1. The van der Waals surface area contributed by atoms with Crippen molar-refractivity contribution in [2.45, 2.75) is 6.18 Å². The average molecular weight is 281 g/mol. The molecule has 2 rings (SSSR count). The monoisotopic (exact) mass is 281 g/mol. The van der Waals surface area contributed by atoms with Crippen molar-refractivity contribution in [2.24, 2.45) is 0 Å². The average Bonchev–Trinajstić information content (AvgIpc) is 2.91. The van der Waals surface area contributed by atoms with E-state index in [4.69, 9.17) is 5.26 Å². The Morgan fingerprint density at radius 1 is 1.35 bits per heavy atom. The SMILES string of the molecule is N#Cc1ccc(NC(=O)c2ccon2)cc1C(F)(F)F. The third-order valence-corrected chi connectivity index (χ3v) is 2.37. The predicted molar refractivity (Wildman–Crippen MR) is 60.6 cm³/mol. The number of aromatic nitrogens is 1. The summed E-state index contributed by atoms with van der Waals surface area (Å²) in [6.45, 7) is 0. The Morgan fingerprint density at radius 3 is 2.65 bits per heavy atom. The third kappa shape index (κ3) is 2.77. The van der Waals surface area contributed by atoms with E-state index in [0.717, 1.165) is 12.3 Å². The van der Waals surface area contributed by atoms with Crippen molar-refractivity contribution >= 4 is 11.6 Å². The minimum absolute atomic E-state index is 0.0667. The molecule has 1 heterocycles. The lowest BCUT2D eigenvalue weighted by molar-refractivity contribution is -0.137. The number of hydrogen-bond donors (Lipinski definition) is 1. The summed E-state index contributed by atoms with van der Waals surface area (Å²) in [7, 11) is 0. The number of nitrogens with one attached hydrogen (secondary N) is 1. The largest absolute Gasteiger partial charge is 0.417 e. The van der Waals surface area contributed by atoms with Crippen LogP contribution in [0.4, 0.5) is 18.9 Å². The first kappa shape index (κ1) is 13.6. The molecule has 0 fully saturated rings. The van der Waals surface area contributed by atoms with Gasteiger partial charge < -0.3 is 9.84 Å². The summed E-state index contributed by atoms with van der Waals surface area (Å²) in [6.07, 6.45) is -3.52. The number of anilines is 1. The van der Waals surface area contributed by atoms with Gasteiger partial charge in [0.1, 0.15) is 6.26 Å². The normalized spacial score (nSPS) is 10.9. The van der Waals surface area contributed by atoms with Gasteiger partial charge in [-0.3, -0.25) is 4.79 Å².